The fourth-order valence-corrected chi connectivity index (χ4v) is 6.49. The van der Waals surface area contributed by atoms with Gasteiger partial charge in [-0.25, -0.2) is 4.98 Å². The van der Waals surface area contributed by atoms with Gasteiger partial charge in [0.05, 0.1) is 17.8 Å². The third-order valence-electron chi connectivity index (χ3n) is 8.67. The first kappa shape index (κ1) is 25.4. The number of benzene rings is 1. The van der Waals surface area contributed by atoms with Gasteiger partial charge in [-0.1, -0.05) is 32.9 Å². The normalized spacial score (nSPS) is 27.8. The number of nitrogens with zero attached hydrogens (tertiary/aromatic N) is 3. The Bertz CT molecular complexity index is 1070. The van der Waals surface area contributed by atoms with Crippen LogP contribution in [-0.2, 0) is 13.0 Å². The van der Waals surface area contributed by atoms with E-state index in [0.717, 1.165) is 43.3 Å². The molecule has 7 heteroatoms. The Morgan fingerprint density at radius 1 is 1.17 bits per heavy atom. The number of aryl methyl sites for hydroxylation is 1. The summed E-state index contributed by atoms with van der Waals surface area (Å²) < 4.78 is 6.35. The number of hydrogen-bond acceptors (Lipinski definition) is 7. The lowest BCUT2D eigenvalue weighted by Gasteiger charge is -2.39. The van der Waals surface area contributed by atoms with Crippen LogP contribution in [0.2, 0.25) is 0 Å². The van der Waals surface area contributed by atoms with Crippen LogP contribution in [0.4, 0.5) is 5.69 Å². The van der Waals surface area contributed by atoms with Crippen LogP contribution in [0, 0.1) is 18.8 Å². The van der Waals surface area contributed by atoms with Crippen LogP contribution in [0.5, 0.6) is 5.88 Å². The SMILES string of the molecule is CNCCOc1nc(C2C(C)CCC3NNC(C)C32)nc2c1CN(c1cc(C(C)C)ccc1C)CC2. The molecule has 1 saturated carbocycles. The first-order chi connectivity index (χ1) is 17.4. The van der Waals surface area contributed by atoms with Crippen LogP contribution in [0.25, 0.3) is 0 Å². The summed E-state index contributed by atoms with van der Waals surface area (Å²) in [7, 11) is 1.96. The van der Waals surface area contributed by atoms with Gasteiger partial charge < -0.3 is 15.0 Å². The Balaban J connectivity index is 1.50. The number of ether oxygens (including phenoxy) is 1. The van der Waals surface area contributed by atoms with Crippen molar-refractivity contribution in [3.05, 3.63) is 46.4 Å². The zero-order chi connectivity index (χ0) is 25.4. The van der Waals surface area contributed by atoms with E-state index in [-0.39, 0.29) is 0 Å². The van der Waals surface area contributed by atoms with E-state index in [4.69, 9.17) is 14.7 Å². The van der Waals surface area contributed by atoms with E-state index >= 15 is 0 Å². The van der Waals surface area contributed by atoms with Crippen molar-refractivity contribution in [2.45, 2.75) is 84.3 Å². The van der Waals surface area contributed by atoms with Gasteiger partial charge in [-0.2, -0.15) is 4.98 Å². The van der Waals surface area contributed by atoms with Gasteiger partial charge in [-0.05, 0) is 62.8 Å². The van der Waals surface area contributed by atoms with E-state index in [2.05, 4.69) is 73.9 Å². The van der Waals surface area contributed by atoms with E-state index in [1.807, 2.05) is 7.05 Å². The van der Waals surface area contributed by atoms with Gasteiger partial charge in [0.25, 0.3) is 0 Å². The van der Waals surface area contributed by atoms with E-state index in [0.29, 0.717) is 42.4 Å². The van der Waals surface area contributed by atoms with Gasteiger partial charge in [0, 0.05) is 49.1 Å². The van der Waals surface area contributed by atoms with Gasteiger partial charge >= 0.3 is 0 Å². The second-order valence-corrected chi connectivity index (χ2v) is 11.5. The van der Waals surface area contributed by atoms with E-state index in [1.165, 1.54) is 35.3 Å². The largest absolute Gasteiger partial charge is 0.476 e. The molecule has 1 aromatic carbocycles. The molecule has 2 fully saturated rings. The lowest BCUT2D eigenvalue weighted by molar-refractivity contribution is 0.194. The van der Waals surface area contributed by atoms with Gasteiger partial charge in [0.15, 0.2) is 0 Å². The maximum absolute atomic E-state index is 6.35. The molecule has 3 N–H and O–H groups in total. The molecule has 0 amide bonds. The maximum Gasteiger partial charge on any atom is 0.222 e. The lowest BCUT2D eigenvalue weighted by atomic mass is 9.68. The Labute approximate surface area is 216 Å². The van der Waals surface area contributed by atoms with Crippen molar-refractivity contribution in [2.24, 2.45) is 11.8 Å². The molecule has 2 aromatic rings. The highest BCUT2D eigenvalue weighted by molar-refractivity contribution is 5.57. The van der Waals surface area contributed by atoms with Crippen molar-refractivity contribution in [1.29, 1.82) is 0 Å². The Morgan fingerprint density at radius 3 is 2.78 bits per heavy atom. The number of anilines is 1. The fraction of sp³-hybridized carbons (Fsp3) is 0.655. The minimum atomic E-state index is 0.334. The number of hydrogen-bond donors (Lipinski definition) is 3. The minimum absolute atomic E-state index is 0.334. The molecule has 5 rings (SSSR count). The molecule has 5 unspecified atom stereocenters. The van der Waals surface area contributed by atoms with Crippen LogP contribution in [0.1, 0.15) is 80.6 Å². The number of rotatable bonds is 7. The number of likely N-dealkylation sites (N-methyl/N-ethyl adjacent to an activating group) is 1. The quantitative estimate of drug-likeness (QED) is 0.503. The van der Waals surface area contributed by atoms with Crippen LogP contribution in [0.15, 0.2) is 18.2 Å². The Kier molecular flexibility index (Phi) is 7.52. The molecule has 3 aliphatic rings. The predicted molar refractivity (Wildman–Crippen MR) is 146 cm³/mol. The summed E-state index contributed by atoms with van der Waals surface area (Å²) in [4.78, 5) is 12.9. The molecule has 1 saturated heterocycles. The smallest absolute Gasteiger partial charge is 0.222 e. The van der Waals surface area contributed by atoms with E-state index in [9.17, 15) is 0 Å². The molecule has 1 aromatic heterocycles. The Morgan fingerprint density at radius 2 is 2.00 bits per heavy atom. The zero-order valence-electron chi connectivity index (χ0n) is 22.9. The molecule has 5 atom stereocenters. The van der Waals surface area contributed by atoms with Crippen LogP contribution in [0.3, 0.4) is 0 Å². The molecule has 7 nitrogen and oxygen atoms in total. The summed E-state index contributed by atoms with van der Waals surface area (Å²) in [5.74, 6) is 3.67. The lowest BCUT2D eigenvalue weighted by Crippen LogP contribution is -2.41. The Hall–Kier alpha value is -2.22. The van der Waals surface area contributed by atoms with E-state index < -0.39 is 0 Å². The maximum atomic E-state index is 6.35. The number of hydrazine groups is 1. The summed E-state index contributed by atoms with van der Waals surface area (Å²) in [6, 6.07) is 7.78. The van der Waals surface area contributed by atoms with Crippen molar-refractivity contribution >= 4 is 5.69 Å². The first-order valence-electron chi connectivity index (χ1n) is 13.9. The third kappa shape index (κ3) is 4.85. The summed E-state index contributed by atoms with van der Waals surface area (Å²) in [6.45, 7) is 14.6. The summed E-state index contributed by atoms with van der Waals surface area (Å²) >= 11 is 0. The predicted octanol–water partition coefficient (Wildman–Crippen LogP) is 4.06. The second-order valence-electron chi connectivity index (χ2n) is 11.5. The zero-order valence-corrected chi connectivity index (χ0v) is 22.9. The van der Waals surface area contributed by atoms with Crippen molar-refractivity contribution < 1.29 is 4.74 Å². The number of nitrogens with one attached hydrogen (secondary N) is 3. The highest BCUT2D eigenvalue weighted by atomic mass is 16.5. The average Bonchev–Trinajstić information content (AvgIpc) is 3.24. The summed E-state index contributed by atoms with van der Waals surface area (Å²) in [5.41, 5.74) is 13.4. The molecular formula is C29H44N6O. The summed E-state index contributed by atoms with van der Waals surface area (Å²) in [6.07, 6.45) is 3.32. The monoisotopic (exact) mass is 492 g/mol. The highest BCUT2D eigenvalue weighted by Gasteiger charge is 2.46. The van der Waals surface area contributed by atoms with Gasteiger partial charge in [0.2, 0.25) is 5.88 Å². The van der Waals surface area contributed by atoms with E-state index in [1.54, 1.807) is 0 Å². The molecule has 1 aliphatic carbocycles. The summed E-state index contributed by atoms with van der Waals surface area (Å²) in [5, 5.41) is 3.20. The highest BCUT2D eigenvalue weighted by Crippen LogP contribution is 2.45. The molecule has 196 valence electrons. The van der Waals surface area contributed by atoms with Gasteiger partial charge in [0.1, 0.15) is 12.4 Å². The molecular weight excluding hydrogens is 448 g/mol. The van der Waals surface area contributed by atoms with Crippen LogP contribution in [-0.4, -0.2) is 48.8 Å². The first-order valence-corrected chi connectivity index (χ1v) is 13.9. The van der Waals surface area contributed by atoms with Gasteiger partial charge in [-0.3, -0.25) is 10.9 Å². The number of fused-ring (bicyclic) bond motifs is 2. The van der Waals surface area contributed by atoms with Crippen molar-refractivity contribution in [1.82, 2.24) is 26.1 Å². The van der Waals surface area contributed by atoms with Crippen molar-refractivity contribution in [2.75, 3.05) is 31.6 Å². The molecule has 0 bridgehead atoms. The van der Waals surface area contributed by atoms with Crippen molar-refractivity contribution in [3.8, 4) is 5.88 Å². The molecule has 0 spiro atoms. The topological polar surface area (TPSA) is 74.3 Å². The molecule has 2 aliphatic heterocycles. The molecule has 36 heavy (non-hydrogen) atoms. The number of aromatic nitrogens is 2. The molecule has 0 radical (unpaired) electrons. The fourth-order valence-electron chi connectivity index (χ4n) is 6.49. The van der Waals surface area contributed by atoms with Crippen LogP contribution < -0.4 is 25.8 Å². The molecule has 3 heterocycles. The second kappa shape index (κ2) is 10.6. The average molecular weight is 493 g/mol. The van der Waals surface area contributed by atoms with Crippen LogP contribution >= 0.6 is 0 Å². The van der Waals surface area contributed by atoms with Gasteiger partial charge in [-0.15, -0.1) is 0 Å². The minimum Gasteiger partial charge on any atom is -0.476 e. The standard InChI is InChI=1S/C29H44N6O/c1-17(2)21-9-7-18(3)25(15-21)35-13-11-23-22(16-35)29(36-14-12-30-6)32-28(31-23)26-19(4)8-10-24-27(26)20(5)33-34-24/h7,9,15,17,19-20,24,26-27,30,33-34H,8,10-14,16H2,1-6H3. The van der Waals surface area contributed by atoms with Crippen molar-refractivity contribution in [3.63, 3.8) is 0 Å². The third-order valence-corrected chi connectivity index (χ3v) is 8.67.